The van der Waals surface area contributed by atoms with E-state index < -0.39 is 49.4 Å². The number of benzene rings is 3. The standard InChI is InChI=1S/C21H14F5O4Si/c22-17-12(18(23)20(25)21(26)19(17)24)6-5-11-31(27-13-7-1-2-8-14(13)28-31)29-15-9-3-4-10-16(15)30-31/h1-4,7-10H,5-6,11H2/q-1. The van der Waals surface area contributed by atoms with E-state index in [0.717, 1.165) is 0 Å². The first kappa shape index (κ1) is 19.7. The predicted octanol–water partition coefficient (Wildman–Crippen LogP) is 5.65. The first-order valence-electron chi connectivity index (χ1n) is 9.44. The summed E-state index contributed by atoms with van der Waals surface area (Å²) in [5.41, 5.74) is -0.912. The van der Waals surface area contributed by atoms with Crippen LogP contribution < -0.4 is 17.7 Å². The molecule has 3 aromatic carbocycles. The third-order valence-corrected chi connectivity index (χ3v) is 8.87. The molecule has 0 atom stereocenters. The van der Waals surface area contributed by atoms with Gasteiger partial charge >= 0.3 is 173 Å². The number of halogens is 5. The van der Waals surface area contributed by atoms with Crippen molar-refractivity contribution in [2.45, 2.75) is 18.9 Å². The predicted molar refractivity (Wildman–Crippen MR) is 101 cm³/mol. The third-order valence-electron chi connectivity index (χ3n) is 5.24. The molecule has 0 aromatic heterocycles. The number of rotatable bonds is 4. The summed E-state index contributed by atoms with van der Waals surface area (Å²) in [5.74, 6) is -8.39. The molecule has 162 valence electrons. The van der Waals surface area contributed by atoms with E-state index in [2.05, 4.69) is 0 Å². The van der Waals surface area contributed by atoms with Crippen LogP contribution >= 0.6 is 0 Å². The summed E-state index contributed by atoms with van der Waals surface area (Å²) in [5, 5.41) is 0. The van der Waals surface area contributed by atoms with Crippen molar-refractivity contribution in [3.05, 3.63) is 83.2 Å². The zero-order chi connectivity index (χ0) is 21.8. The molecule has 0 radical (unpaired) electrons. The van der Waals surface area contributed by atoms with Gasteiger partial charge in [0.15, 0.2) is 0 Å². The molecule has 0 saturated heterocycles. The molecule has 0 fully saturated rings. The SMILES string of the molecule is Fc1c(F)c(F)c(CCC[Si-]23(Oc4ccccc4O2)Oc2ccccc2O3)c(F)c1F. The molecule has 2 heterocycles. The maximum atomic E-state index is 14.1. The average molecular weight is 453 g/mol. The molecule has 0 unspecified atom stereocenters. The van der Waals surface area contributed by atoms with Crippen LogP contribution in [0.25, 0.3) is 0 Å². The van der Waals surface area contributed by atoms with Crippen molar-refractivity contribution in [2.24, 2.45) is 0 Å². The van der Waals surface area contributed by atoms with E-state index >= 15 is 0 Å². The molecule has 1 spiro atoms. The van der Waals surface area contributed by atoms with Gasteiger partial charge in [0.1, 0.15) is 0 Å². The van der Waals surface area contributed by atoms with Gasteiger partial charge in [0, 0.05) is 0 Å². The minimum absolute atomic E-state index is 0.0892. The molecule has 3 aromatic rings. The Morgan fingerprint density at radius 3 is 1.29 bits per heavy atom. The third kappa shape index (κ3) is 2.93. The minimum atomic E-state index is -4.67. The van der Waals surface area contributed by atoms with E-state index in [9.17, 15) is 22.0 Å². The van der Waals surface area contributed by atoms with Crippen LogP contribution in [0.5, 0.6) is 23.0 Å². The fraction of sp³-hybridized carbons (Fsp3) is 0.143. The summed E-state index contributed by atoms with van der Waals surface area (Å²) < 4.78 is 92.8. The van der Waals surface area contributed by atoms with Crippen LogP contribution in [0.4, 0.5) is 22.0 Å². The molecule has 0 N–H and O–H groups in total. The van der Waals surface area contributed by atoms with Crippen molar-refractivity contribution in [3.8, 4) is 23.0 Å². The van der Waals surface area contributed by atoms with E-state index in [0.29, 0.717) is 23.0 Å². The Kier molecular flexibility index (Phi) is 4.20. The summed E-state index contributed by atoms with van der Waals surface area (Å²) in [6.07, 6.45) is -0.560. The Hall–Kier alpha value is -3.27. The molecule has 0 bridgehead atoms. The molecule has 2 aliphatic rings. The van der Waals surface area contributed by atoms with Crippen molar-refractivity contribution < 1.29 is 39.7 Å². The van der Waals surface area contributed by atoms with Gasteiger partial charge in [0.25, 0.3) is 0 Å². The van der Waals surface area contributed by atoms with E-state index in [1.165, 1.54) is 0 Å². The molecule has 5 rings (SSSR count). The van der Waals surface area contributed by atoms with Crippen LogP contribution in [-0.4, -0.2) is 8.33 Å². The van der Waals surface area contributed by atoms with Crippen LogP contribution in [0.15, 0.2) is 48.5 Å². The van der Waals surface area contributed by atoms with Crippen molar-refractivity contribution in [1.29, 1.82) is 0 Å². The van der Waals surface area contributed by atoms with E-state index in [1.807, 2.05) is 0 Å². The van der Waals surface area contributed by atoms with Gasteiger partial charge in [0.05, 0.1) is 0 Å². The molecule has 0 amide bonds. The zero-order valence-electron chi connectivity index (χ0n) is 15.8. The number of hydrogen-bond acceptors (Lipinski definition) is 4. The van der Waals surface area contributed by atoms with Crippen LogP contribution in [0, 0.1) is 29.1 Å². The van der Waals surface area contributed by atoms with Crippen molar-refractivity contribution in [1.82, 2.24) is 0 Å². The van der Waals surface area contributed by atoms with E-state index in [1.54, 1.807) is 48.5 Å². The number of para-hydroxylation sites is 4. The summed E-state index contributed by atoms with van der Waals surface area (Å²) in [6.45, 7) is 0. The number of hydrogen-bond donors (Lipinski definition) is 0. The van der Waals surface area contributed by atoms with Gasteiger partial charge in [-0.3, -0.25) is 0 Å². The first-order valence-corrected chi connectivity index (χ1v) is 11.8. The maximum absolute atomic E-state index is 14.1. The second-order valence-corrected chi connectivity index (χ2v) is 10.8. The molecule has 0 saturated carbocycles. The molecule has 31 heavy (non-hydrogen) atoms. The van der Waals surface area contributed by atoms with Gasteiger partial charge in [0.2, 0.25) is 0 Å². The topological polar surface area (TPSA) is 36.9 Å². The zero-order valence-corrected chi connectivity index (χ0v) is 16.8. The fourth-order valence-corrected chi connectivity index (χ4v) is 7.63. The summed E-state index contributed by atoms with van der Waals surface area (Å²) >= 11 is 0. The molecule has 0 aliphatic carbocycles. The molecular weight excluding hydrogens is 439 g/mol. The van der Waals surface area contributed by atoms with Crippen molar-refractivity contribution >= 4 is 8.33 Å². The monoisotopic (exact) mass is 453 g/mol. The van der Waals surface area contributed by atoms with Gasteiger partial charge in [-0.1, -0.05) is 0 Å². The first-order chi connectivity index (χ1) is 14.8. The average Bonchev–Trinajstić information content (AvgIpc) is 3.27. The van der Waals surface area contributed by atoms with Crippen molar-refractivity contribution in [2.75, 3.05) is 0 Å². The van der Waals surface area contributed by atoms with Crippen LogP contribution in [0.2, 0.25) is 6.04 Å². The molecule has 4 nitrogen and oxygen atoms in total. The molecular formula is C21H14F5O4Si-. The van der Waals surface area contributed by atoms with Crippen LogP contribution in [0.3, 0.4) is 0 Å². The fourth-order valence-electron chi connectivity index (χ4n) is 3.84. The van der Waals surface area contributed by atoms with Crippen molar-refractivity contribution in [3.63, 3.8) is 0 Å². The Labute approximate surface area is 173 Å². The van der Waals surface area contributed by atoms with E-state index in [4.69, 9.17) is 17.7 Å². The number of fused-ring (bicyclic) bond motifs is 2. The second kappa shape index (κ2) is 6.61. The Balaban J connectivity index is 1.47. The Morgan fingerprint density at radius 1 is 0.548 bits per heavy atom. The van der Waals surface area contributed by atoms with Gasteiger partial charge in [-0.05, 0) is 0 Å². The summed E-state index contributed by atoms with van der Waals surface area (Å²) in [4.78, 5) is 0. The quantitative estimate of drug-likeness (QED) is 0.222. The normalized spacial score (nSPS) is 18.0. The van der Waals surface area contributed by atoms with Crippen LogP contribution in [-0.2, 0) is 6.42 Å². The Bertz CT molecular complexity index is 1080. The van der Waals surface area contributed by atoms with Gasteiger partial charge < -0.3 is 0 Å². The Morgan fingerprint density at radius 2 is 0.903 bits per heavy atom. The second-order valence-electron chi connectivity index (χ2n) is 7.28. The molecule has 10 heteroatoms. The van der Waals surface area contributed by atoms with Crippen LogP contribution in [0.1, 0.15) is 12.0 Å². The summed E-state index contributed by atoms with van der Waals surface area (Å²) in [7, 11) is -4.67. The van der Waals surface area contributed by atoms with Gasteiger partial charge in [-0.2, -0.15) is 0 Å². The van der Waals surface area contributed by atoms with Gasteiger partial charge in [-0.15, -0.1) is 0 Å². The summed E-state index contributed by atoms with van der Waals surface area (Å²) in [6, 6.07) is 13.4. The van der Waals surface area contributed by atoms with Gasteiger partial charge in [-0.25, -0.2) is 0 Å². The van der Waals surface area contributed by atoms with E-state index in [-0.39, 0.29) is 12.5 Å². The molecule has 2 aliphatic heterocycles.